The number of methoxy groups -OCH3 is 2. The Morgan fingerprint density at radius 2 is 1.97 bits per heavy atom. The second-order valence-corrected chi connectivity index (χ2v) is 10.4. The molecule has 2 aliphatic rings. The van der Waals surface area contributed by atoms with Crippen LogP contribution in [0.4, 0.5) is 0 Å². The number of carbonyl (C=O) groups is 2. The van der Waals surface area contributed by atoms with E-state index in [1.807, 2.05) is 36.9 Å². The Balaban J connectivity index is 1.34. The van der Waals surface area contributed by atoms with Crippen LogP contribution in [0.1, 0.15) is 37.8 Å². The van der Waals surface area contributed by atoms with Gasteiger partial charge in [-0.1, -0.05) is 29.8 Å². The van der Waals surface area contributed by atoms with Gasteiger partial charge in [0, 0.05) is 19.2 Å². The summed E-state index contributed by atoms with van der Waals surface area (Å²) in [7, 11) is 3.10. The average Bonchev–Trinajstić information content (AvgIpc) is 3.37. The molecule has 3 aromatic rings. The zero-order valence-electron chi connectivity index (χ0n) is 20.3. The third kappa shape index (κ3) is 4.50. The van der Waals surface area contributed by atoms with Crippen LogP contribution in [0.5, 0.6) is 11.5 Å². The Bertz CT molecular complexity index is 1290. The minimum atomic E-state index is -0.231. The van der Waals surface area contributed by atoms with Crippen molar-refractivity contribution in [1.29, 1.82) is 0 Å². The molecule has 182 valence electrons. The number of ether oxygens (including phenoxy) is 2. The number of nitrogens with zero attached hydrogens (tertiary/aromatic N) is 2. The van der Waals surface area contributed by atoms with Crippen LogP contribution in [0.15, 0.2) is 42.5 Å². The van der Waals surface area contributed by atoms with Gasteiger partial charge in [0.25, 0.3) is 11.8 Å². The lowest BCUT2D eigenvalue weighted by molar-refractivity contribution is 0.0690. The zero-order chi connectivity index (χ0) is 24.7. The van der Waals surface area contributed by atoms with Gasteiger partial charge in [0.1, 0.15) is 17.2 Å². The van der Waals surface area contributed by atoms with E-state index in [9.17, 15) is 9.59 Å². The quantitative estimate of drug-likeness (QED) is 0.532. The van der Waals surface area contributed by atoms with Gasteiger partial charge < -0.3 is 19.7 Å². The van der Waals surface area contributed by atoms with Gasteiger partial charge in [0.05, 0.1) is 35.7 Å². The third-order valence-corrected chi connectivity index (χ3v) is 7.93. The summed E-state index contributed by atoms with van der Waals surface area (Å²) in [5, 5.41) is 3.90. The lowest BCUT2D eigenvalue weighted by Gasteiger charge is -2.27. The van der Waals surface area contributed by atoms with Crippen molar-refractivity contribution in [3.05, 3.63) is 64.3 Å². The predicted molar refractivity (Wildman–Crippen MR) is 135 cm³/mol. The fraction of sp³-hybridized carbons (Fsp3) is 0.370. The molecule has 1 saturated carbocycles. The summed E-state index contributed by atoms with van der Waals surface area (Å²) in [6.07, 6.45) is 1.09. The highest BCUT2D eigenvalue weighted by molar-refractivity contribution is 7.15. The van der Waals surface area contributed by atoms with E-state index in [0.29, 0.717) is 47.7 Å². The number of amides is 2. The van der Waals surface area contributed by atoms with Crippen molar-refractivity contribution >= 4 is 23.2 Å². The van der Waals surface area contributed by atoms with E-state index in [-0.39, 0.29) is 17.9 Å². The summed E-state index contributed by atoms with van der Waals surface area (Å²) >= 11 is 1.55. The second kappa shape index (κ2) is 9.34. The van der Waals surface area contributed by atoms with E-state index in [1.165, 1.54) is 7.11 Å². The summed E-state index contributed by atoms with van der Waals surface area (Å²) < 4.78 is 10.6. The van der Waals surface area contributed by atoms with Crippen molar-refractivity contribution in [3.63, 3.8) is 0 Å². The van der Waals surface area contributed by atoms with Gasteiger partial charge in [-0.25, -0.2) is 4.98 Å². The Kier molecular flexibility index (Phi) is 6.23. The van der Waals surface area contributed by atoms with Gasteiger partial charge in [0.15, 0.2) is 0 Å². The number of nitrogens with one attached hydrogen (secondary N) is 1. The molecule has 1 aliphatic carbocycles. The predicted octanol–water partition coefficient (Wildman–Crippen LogP) is 4.33. The largest absolute Gasteiger partial charge is 0.497 e. The summed E-state index contributed by atoms with van der Waals surface area (Å²) in [6, 6.07) is 13.2. The van der Waals surface area contributed by atoms with Gasteiger partial charge in [-0.3, -0.25) is 9.59 Å². The SMILES string of the molecule is COc1ccc(C(=O)NC[C@@H]2[C@@H]3C[C@@H]3CN2C(=O)c2nc(C)sc2-c2cccc(C)c2)c(OC)c1. The van der Waals surface area contributed by atoms with Crippen LogP contribution in [0.3, 0.4) is 0 Å². The van der Waals surface area contributed by atoms with E-state index >= 15 is 0 Å². The highest BCUT2D eigenvalue weighted by atomic mass is 32.1. The standard InChI is InChI=1S/C27H29N3O4S/c1-15-6-5-7-17(10-15)25-24(29-16(2)35-25)27(32)30-14-18-11-21(18)22(30)13-28-26(31)20-9-8-19(33-3)12-23(20)34-4/h5-10,12,18,21-22H,11,13-14H2,1-4H3,(H,28,31)/t18-,21-,22-/m1/s1. The Hall–Kier alpha value is -3.39. The summed E-state index contributed by atoms with van der Waals surface area (Å²) in [5.41, 5.74) is 3.10. The Labute approximate surface area is 209 Å². The molecule has 1 N–H and O–H groups in total. The maximum Gasteiger partial charge on any atom is 0.274 e. The number of thiazole rings is 1. The molecule has 1 aliphatic heterocycles. The van der Waals surface area contributed by atoms with Crippen molar-refractivity contribution in [2.45, 2.75) is 26.3 Å². The van der Waals surface area contributed by atoms with Crippen molar-refractivity contribution in [3.8, 4) is 21.9 Å². The molecule has 2 aromatic carbocycles. The molecular weight excluding hydrogens is 462 g/mol. The smallest absolute Gasteiger partial charge is 0.274 e. The molecule has 35 heavy (non-hydrogen) atoms. The highest BCUT2D eigenvalue weighted by Crippen LogP contribution is 2.50. The lowest BCUT2D eigenvalue weighted by atomic mass is 10.1. The van der Waals surface area contributed by atoms with Gasteiger partial charge in [-0.2, -0.15) is 0 Å². The third-order valence-electron chi connectivity index (χ3n) is 6.91. The summed E-state index contributed by atoms with van der Waals surface area (Å²) in [6.45, 7) is 5.08. The second-order valence-electron chi connectivity index (χ2n) is 9.24. The van der Waals surface area contributed by atoms with Crippen LogP contribution in [0, 0.1) is 25.7 Å². The molecule has 2 fully saturated rings. The van der Waals surface area contributed by atoms with Crippen molar-refractivity contribution in [2.75, 3.05) is 27.3 Å². The number of aromatic nitrogens is 1. The molecule has 8 heteroatoms. The van der Waals surface area contributed by atoms with Crippen LogP contribution in [-0.4, -0.2) is 55.0 Å². The van der Waals surface area contributed by atoms with Gasteiger partial charge in [-0.05, 0) is 49.8 Å². The average molecular weight is 492 g/mol. The molecule has 3 atom stereocenters. The minimum absolute atomic E-state index is 0.0481. The monoisotopic (exact) mass is 491 g/mol. The van der Waals surface area contributed by atoms with Crippen molar-refractivity contribution in [2.24, 2.45) is 11.8 Å². The first-order chi connectivity index (χ1) is 16.9. The number of benzene rings is 2. The number of piperidine rings is 1. The lowest BCUT2D eigenvalue weighted by Crippen LogP contribution is -2.45. The fourth-order valence-electron chi connectivity index (χ4n) is 5.04. The first kappa shape index (κ1) is 23.4. The number of fused-ring (bicyclic) bond motifs is 1. The Morgan fingerprint density at radius 1 is 1.14 bits per heavy atom. The normalized spacial score (nSPS) is 20.3. The first-order valence-electron chi connectivity index (χ1n) is 11.7. The molecule has 7 nitrogen and oxygen atoms in total. The molecule has 0 spiro atoms. The van der Waals surface area contributed by atoms with E-state index in [1.54, 1.807) is 36.6 Å². The van der Waals surface area contributed by atoms with Crippen LogP contribution >= 0.6 is 11.3 Å². The number of rotatable bonds is 7. The number of hydrogen-bond acceptors (Lipinski definition) is 6. The van der Waals surface area contributed by atoms with Gasteiger partial charge in [0.2, 0.25) is 0 Å². The van der Waals surface area contributed by atoms with E-state index in [4.69, 9.17) is 9.47 Å². The molecule has 2 heterocycles. The maximum atomic E-state index is 13.7. The molecule has 5 rings (SSSR count). The van der Waals surface area contributed by atoms with Crippen LogP contribution < -0.4 is 14.8 Å². The van der Waals surface area contributed by atoms with E-state index in [2.05, 4.69) is 16.4 Å². The summed E-state index contributed by atoms with van der Waals surface area (Å²) in [5.74, 6) is 1.70. The molecule has 0 unspecified atom stereocenters. The van der Waals surface area contributed by atoms with Crippen LogP contribution in [0.2, 0.25) is 0 Å². The Morgan fingerprint density at radius 3 is 2.71 bits per heavy atom. The number of aryl methyl sites for hydroxylation is 2. The topological polar surface area (TPSA) is 80.8 Å². The molecule has 1 saturated heterocycles. The van der Waals surface area contributed by atoms with Crippen molar-refractivity contribution < 1.29 is 19.1 Å². The molecule has 0 bridgehead atoms. The molecule has 0 radical (unpaired) electrons. The van der Waals surface area contributed by atoms with Crippen molar-refractivity contribution in [1.82, 2.24) is 15.2 Å². The van der Waals surface area contributed by atoms with Crippen LogP contribution in [-0.2, 0) is 0 Å². The molecule has 2 amide bonds. The number of carbonyl (C=O) groups excluding carboxylic acids is 2. The number of likely N-dealkylation sites (tertiary alicyclic amines) is 1. The first-order valence-corrected chi connectivity index (χ1v) is 12.6. The molecular formula is C27H29N3O4S. The summed E-state index contributed by atoms with van der Waals surface area (Å²) in [4.78, 5) is 34.1. The molecule has 1 aromatic heterocycles. The highest BCUT2D eigenvalue weighted by Gasteiger charge is 2.54. The number of hydrogen-bond donors (Lipinski definition) is 1. The van der Waals surface area contributed by atoms with Gasteiger partial charge >= 0.3 is 0 Å². The van der Waals surface area contributed by atoms with E-state index in [0.717, 1.165) is 27.4 Å². The van der Waals surface area contributed by atoms with E-state index < -0.39 is 0 Å². The van der Waals surface area contributed by atoms with Crippen LogP contribution in [0.25, 0.3) is 10.4 Å². The minimum Gasteiger partial charge on any atom is -0.497 e. The fourth-order valence-corrected chi connectivity index (χ4v) is 5.94. The zero-order valence-corrected chi connectivity index (χ0v) is 21.1. The van der Waals surface area contributed by atoms with Gasteiger partial charge in [-0.15, -0.1) is 11.3 Å². The maximum absolute atomic E-state index is 13.7.